The van der Waals surface area contributed by atoms with Crippen LogP contribution in [0.3, 0.4) is 0 Å². The van der Waals surface area contributed by atoms with Crippen LogP contribution in [-0.2, 0) is 15.5 Å². The van der Waals surface area contributed by atoms with Crippen molar-refractivity contribution in [1.29, 1.82) is 0 Å². The van der Waals surface area contributed by atoms with Crippen LogP contribution >= 0.6 is 0 Å². The number of aromatic nitrogens is 1. The molecule has 0 spiro atoms. The molecule has 1 aromatic heterocycles. The summed E-state index contributed by atoms with van der Waals surface area (Å²) in [6, 6.07) is 0.794. The molecule has 1 aromatic rings. The van der Waals surface area contributed by atoms with Gasteiger partial charge in [-0.2, -0.15) is 13.2 Å². The highest BCUT2D eigenvalue weighted by molar-refractivity contribution is 6.61. The van der Waals surface area contributed by atoms with Crippen LogP contribution in [0.25, 0.3) is 0 Å². The predicted octanol–water partition coefficient (Wildman–Crippen LogP) is 1.99. The number of nitrogens with zero attached hydrogens (tertiary/aromatic N) is 1. The van der Waals surface area contributed by atoms with Crippen molar-refractivity contribution < 1.29 is 27.0 Å². The van der Waals surface area contributed by atoms with Gasteiger partial charge in [0, 0.05) is 6.07 Å². The van der Waals surface area contributed by atoms with E-state index in [9.17, 15) is 13.2 Å². The average Bonchev–Trinajstić information content (AvgIpc) is 2.69. The van der Waals surface area contributed by atoms with Gasteiger partial charge in [-0.05, 0) is 27.7 Å². The minimum absolute atomic E-state index is 0.0130. The topological polar surface area (TPSA) is 44.5 Å². The molecule has 0 aliphatic carbocycles. The van der Waals surface area contributed by atoms with Crippen molar-refractivity contribution in [3.63, 3.8) is 0 Å². The zero-order chi connectivity index (χ0) is 13.8. The Labute approximate surface area is 103 Å². The first-order valence-corrected chi connectivity index (χ1v) is 5.42. The van der Waals surface area contributed by atoms with E-state index in [1.54, 1.807) is 27.7 Å². The predicted molar refractivity (Wildman–Crippen MR) is 57.2 cm³/mol. The molecule has 0 N–H and O–H groups in total. The molecule has 8 heteroatoms. The molecule has 18 heavy (non-hydrogen) atoms. The van der Waals surface area contributed by atoms with Crippen LogP contribution < -0.4 is 5.59 Å². The SMILES string of the molecule is CC1(C)OB(c2cc(C(F)(F)F)on2)OC1(C)C. The van der Waals surface area contributed by atoms with E-state index in [2.05, 4.69) is 9.68 Å². The summed E-state index contributed by atoms with van der Waals surface area (Å²) in [7, 11) is -0.949. The van der Waals surface area contributed by atoms with Crippen LogP contribution in [0.1, 0.15) is 33.5 Å². The molecule has 1 fully saturated rings. The number of alkyl halides is 3. The molecule has 100 valence electrons. The van der Waals surface area contributed by atoms with Crippen LogP contribution in [0.2, 0.25) is 0 Å². The Kier molecular flexibility index (Phi) is 2.79. The maximum atomic E-state index is 12.4. The lowest BCUT2D eigenvalue weighted by atomic mass is 9.85. The zero-order valence-electron chi connectivity index (χ0n) is 10.5. The summed E-state index contributed by atoms with van der Waals surface area (Å²) < 4.78 is 52.5. The van der Waals surface area contributed by atoms with Crippen LogP contribution in [0.15, 0.2) is 10.6 Å². The smallest absolute Gasteiger partial charge is 0.398 e. The second-order valence-corrected chi connectivity index (χ2v) is 5.20. The van der Waals surface area contributed by atoms with Gasteiger partial charge in [-0.15, -0.1) is 0 Å². The highest BCUT2D eigenvalue weighted by Crippen LogP contribution is 2.36. The van der Waals surface area contributed by atoms with E-state index in [-0.39, 0.29) is 5.59 Å². The second-order valence-electron chi connectivity index (χ2n) is 5.20. The highest BCUT2D eigenvalue weighted by Gasteiger charge is 2.53. The molecule has 0 amide bonds. The van der Waals surface area contributed by atoms with Crippen molar-refractivity contribution in [3.05, 3.63) is 11.8 Å². The molecule has 2 heterocycles. The number of halogens is 3. The Bertz CT molecular complexity index is 439. The number of hydrogen-bond donors (Lipinski definition) is 0. The lowest BCUT2D eigenvalue weighted by Gasteiger charge is -2.32. The Hall–Kier alpha value is -1.02. The van der Waals surface area contributed by atoms with Gasteiger partial charge >= 0.3 is 13.3 Å². The van der Waals surface area contributed by atoms with Crippen LogP contribution in [0, 0.1) is 0 Å². The fourth-order valence-electron chi connectivity index (χ4n) is 1.50. The minimum Gasteiger partial charge on any atom is -0.398 e. The van der Waals surface area contributed by atoms with E-state index < -0.39 is 30.3 Å². The summed E-state index contributed by atoms with van der Waals surface area (Å²) in [4.78, 5) is 0. The first-order chi connectivity index (χ1) is 8.03. The van der Waals surface area contributed by atoms with E-state index in [0.29, 0.717) is 0 Å². The summed E-state index contributed by atoms with van der Waals surface area (Å²) in [6.45, 7) is 7.21. The van der Waals surface area contributed by atoms with E-state index in [4.69, 9.17) is 9.31 Å². The summed E-state index contributed by atoms with van der Waals surface area (Å²) in [5.41, 5.74) is -1.27. The first-order valence-electron chi connectivity index (χ1n) is 5.42. The summed E-state index contributed by atoms with van der Waals surface area (Å²) in [5, 5.41) is 3.35. The third-order valence-corrected chi connectivity index (χ3v) is 3.30. The Balaban J connectivity index is 2.23. The van der Waals surface area contributed by atoms with Crippen LogP contribution in [-0.4, -0.2) is 23.5 Å². The molecule has 1 saturated heterocycles. The molecule has 4 nitrogen and oxygen atoms in total. The third-order valence-electron chi connectivity index (χ3n) is 3.30. The van der Waals surface area contributed by atoms with Crippen molar-refractivity contribution in [1.82, 2.24) is 5.16 Å². The molecule has 0 atom stereocenters. The van der Waals surface area contributed by atoms with Gasteiger partial charge in [-0.1, -0.05) is 5.16 Å². The Morgan fingerprint density at radius 3 is 2.00 bits per heavy atom. The van der Waals surface area contributed by atoms with Gasteiger partial charge < -0.3 is 13.8 Å². The first kappa shape index (κ1) is 13.4. The molecule has 0 bridgehead atoms. The van der Waals surface area contributed by atoms with Crippen molar-refractivity contribution in [2.24, 2.45) is 0 Å². The lowest BCUT2D eigenvalue weighted by molar-refractivity contribution is -0.155. The van der Waals surface area contributed by atoms with Crippen LogP contribution in [0.5, 0.6) is 0 Å². The zero-order valence-corrected chi connectivity index (χ0v) is 10.5. The number of hydrogen-bond acceptors (Lipinski definition) is 4. The second kappa shape index (κ2) is 3.74. The fraction of sp³-hybridized carbons (Fsp3) is 0.700. The summed E-state index contributed by atoms with van der Waals surface area (Å²) >= 11 is 0. The third kappa shape index (κ3) is 2.14. The van der Waals surface area contributed by atoms with Gasteiger partial charge in [0.15, 0.2) is 0 Å². The molecule has 0 saturated carbocycles. The fourth-order valence-corrected chi connectivity index (χ4v) is 1.50. The van der Waals surface area contributed by atoms with E-state index in [0.717, 1.165) is 6.07 Å². The molecule has 0 unspecified atom stereocenters. The normalized spacial score (nSPS) is 22.5. The molecule has 1 aliphatic heterocycles. The number of rotatable bonds is 1. The molecule has 0 aromatic carbocycles. The van der Waals surface area contributed by atoms with Gasteiger partial charge in [0.05, 0.1) is 11.2 Å². The lowest BCUT2D eigenvalue weighted by Crippen LogP contribution is -2.41. The van der Waals surface area contributed by atoms with Gasteiger partial charge in [0.25, 0.3) is 0 Å². The van der Waals surface area contributed by atoms with Crippen molar-refractivity contribution in [2.45, 2.75) is 45.1 Å². The Morgan fingerprint density at radius 1 is 1.11 bits per heavy atom. The average molecular weight is 263 g/mol. The van der Waals surface area contributed by atoms with E-state index >= 15 is 0 Å². The minimum atomic E-state index is -4.56. The Morgan fingerprint density at radius 2 is 1.61 bits per heavy atom. The van der Waals surface area contributed by atoms with Gasteiger partial charge in [-0.25, -0.2) is 0 Å². The maximum Gasteiger partial charge on any atom is 0.518 e. The largest absolute Gasteiger partial charge is 0.518 e. The maximum absolute atomic E-state index is 12.4. The molecular weight excluding hydrogens is 250 g/mol. The highest BCUT2D eigenvalue weighted by atomic mass is 19.4. The van der Waals surface area contributed by atoms with Crippen molar-refractivity contribution in [2.75, 3.05) is 0 Å². The molecule has 0 radical (unpaired) electrons. The van der Waals surface area contributed by atoms with Gasteiger partial charge in [0.2, 0.25) is 5.76 Å². The van der Waals surface area contributed by atoms with Gasteiger partial charge in [0.1, 0.15) is 5.59 Å². The quantitative estimate of drug-likeness (QED) is 0.727. The summed E-state index contributed by atoms with van der Waals surface area (Å²) in [6.07, 6.45) is -4.56. The molecule has 2 rings (SSSR count). The van der Waals surface area contributed by atoms with Crippen molar-refractivity contribution in [3.8, 4) is 0 Å². The standard InChI is InChI=1S/C10H13BF3NO3/c1-8(2)9(3,4)18-11(17-8)7-5-6(16-15-7)10(12,13)14/h5H,1-4H3. The van der Waals surface area contributed by atoms with Crippen LogP contribution in [0.4, 0.5) is 13.2 Å². The molecule has 1 aliphatic rings. The monoisotopic (exact) mass is 263 g/mol. The van der Waals surface area contributed by atoms with E-state index in [1.165, 1.54) is 0 Å². The van der Waals surface area contributed by atoms with Crippen molar-refractivity contribution >= 4 is 12.7 Å². The van der Waals surface area contributed by atoms with Gasteiger partial charge in [-0.3, -0.25) is 0 Å². The van der Waals surface area contributed by atoms with E-state index in [1.807, 2.05) is 0 Å². The molecular formula is C10H13BF3NO3. The summed E-state index contributed by atoms with van der Waals surface area (Å²) in [5.74, 6) is -1.16.